The largest absolute Gasteiger partial charge is 0.492 e. The number of halogens is 2. The molecule has 1 N–H and O–H groups in total. The average Bonchev–Trinajstić information content (AvgIpc) is 2.86. The summed E-state index contributed by atoms with van der Waals surface area (Å²) in [7, 11) is 0. The summed E-state index contributed by atoms with van der Waals surface area (Å²) in [5, 5.41) is 3.15. The number of imide groups is 2. The van der Waals surface area contributed by atoms with Crippen LogP contribution in [0.5, 0.6) is 11.5 Å². The van der Waals surface area contributed by atoms with Crippen molar-refractivity contribution in [3.63, 3.8) is 0 Å². The molecule has 7 nitrogen and oxygen atoms in total. The first-order chi connectivity index (χ1) is 17.4. The van der Waals surface area contributed by atoms with Crippen LogP contribution < -0.4 is 19.7 Å². The van der Waals surface area contributed by atoms with Crippen molar-refractivity contribution in [1.29, 1.82) is 0 Å². The zero-order valence-corrected chi connectivity index (χ0v) is 20.8. The number of anilines is 1. The van der Waals surface area contributed by atoms with Gasteiger partial charge in [0.1, 0.15) is 23.7 Å². The highest BCUT2D eigenvalue weighted by atomic mass is 35.5. The zero-order valence-electron chi connectivity index (χ0n) is 19.3. The van der Waals surface area contributed by atoms with E-state index in [9.17, 15) is 14.4 Å². The van der Waals surface area contributed by atoms with Crippen LogP contribution in [-0.4, -0.2) is 24.5 Å². The summed E-state index contributed by atoms with van der Waals surface area (Å²) in [6, 6.07) is 17.8. The fraction of sp³-hybridized carbons (Fsp3) is 0.148. The highest BCUT2D eigenvalue weighted by molar-refractivity contribution is 6.39. The smallest absolute Gasteiger partial charge is 0.335 e. The summed E-state index contributed by atoms with van der Waals surface area (Å²) in [5.41, 5.74) is 1.42. The third-order valence-corrected chi connectivity index (χ3v) is 5.94. The van der Waals surface area contributed by atoms with Gasteiger partial charge in [-0.3, -0.25) is 14.9 Å². The molecule has 4 amide bonds. The Morgan fingerprint density at radius 1 is 0.917 bits per heavy atom. The van der Waals surface area contributed by atoms with Crippen LogP contribution in [0.15, 0.2) is 72.3 Å². The molecular formula is C27H22Cl2N2O5. The zero-order chi connectivity index (χ0) is 25.7. The standard InChI is InChI=1S/C27H22Cl2N2O5/c1-2-13-35-24-12-7-17(15-23(24)29)14-21-25(32)30-27(34)31(26(21)33)19-8-10-20(11-9-19)36-16-18-5-3-4-6-22(18)28/h3-12,14-15H,2,13,16H2,1H3,(H,30,32,34)/b21-14+. The Balaban J connectivity index is 1.52. The summed E-state index contributed by atoms with van der Waals surface area (Å²) in [6.07, 6.45) is 2.21. The molecular weight excluding hydrogens is 503 g/mol. The lowest BCUT2D eigenvalue weighted by atomic mass is 10.1. The summed E-state index contributed by atoms with van der Waals surface area (Å²) in [5.74, 6) is -0.511. The molecule has 4 rings (SSSR count). The molecule has 1 aliphatic rings. The number of nitrogens with one attached hydrogen (secondary N) is 1. The van der Waals surface area contributed by atoms with E-state index >= 15 is 0 Å². The Kier molecular flexibility index (Phi) is 7.93. The molecule has 0 spiro atoms. The van der Waals surface area contributed by atoms with Crippen LogP contribution in [0.4, 0.5) is 10.5 Å². The summed E-state index contributed by atoms with van der Waals surface area (Å²) in [6.45, 7) is 2.75. The molecule has 0 atom stereocenters. The van der Waals surface area contributed by atoms with Crippen LogP contribution in [0.25, 0.3) is 6.08 Å². The molecule has 36 heavy (non-hydrogen) atoms. The highest BCUT2D eigenvalue weighted by Gasteiger charge is 2.36. The lowest BCUT2D eigenvalue weighted by molar-refractivity contribution is -0.122. The molecule has 0 saturated carbocycles. The van der Waals surface area contributed by atoms with Crippen LogP contribution in [0.1, 0.15) is 24.5 Å². The van der Waals surface area contributed by atoms with Gasteiger partial charge < -0.3 is 9.47 Å². The molecule has 9 heteroatoms. The first-order valence-corrected chi connectivity index (χ1v) is 11.9. The number of amides is 4. The quantitative estimate of drug-likeness (QED) is 0.287. The van der Waals surface area contributed by atoms with E-state index in [0.29, 0.717) is 33.7 Å². The number of hydrogen-bond acceptors (Lipinski definition) is 5. The minimum atomic E-state index is -0.840. The number of ether oxygens (including phenoxy) is 2. The van der Waals surface area contributed by atoms with Gasteiger partial charge in [0.25, 0.3) is 11.8 Å². The number of hydrogen-bond donors (Lipinski definition) is 1. The van der Waals surface area contributed by atoms with Crippen LogP contribution >= 0.6 is 23.2 Å². The lowest BCUT2D eigenvalue weighted by Gasteiger charge is -2.26. The fourth-order valence-electron chi connectivity index (χ4n) is 3.46. The van der Waals surface area contributed by atoms with E-state index in [1.807, 2.05) is 25.1 Å². The summed E-state index contributed by atoms with van der Waals surface area (Å²) >= 11 is 12.4. The number of rotatable bonds is 8. The van der Waals surface area contributed by atoms with Gasteiger partial charge in [-0.25, -0.2) is 9.69 Å². The van der Waals surface area contributed by atoms with Crippen molar-refractivity contribution in [2.24, 2.45) is 0 Å². The minimum Gasteiger partial charge on any atom is -0.492 e. The predicted molar refractivity (Wildman–Crippen MR) is 138 cm³/mol. The van der Waals surface area contributed by atoms with Gasteiger partial charge in [0.15, 0.2) is 0 Å². The second kappa shape index (κ2) is 11.3. The van der Waals surface area contributed by atoms with Crippen LogP contribution in [0.3, 0.4) is 0 Å². The normalized spacial score (nSPS) is 14.7. The van der Waals surface area contributed by atoms with E-state index in [4.69, 9.17) is 32.7 Å². The van der Waals surface area contributed by atoms with E-state index in [0.717, 1.165) is 16.9 Å². The van der Waals surface area contributed by atoms with Gasteiger partial charge in [0.05, 0.1) is 17.3 Å². The molecule has 1 saturated heterocycles. The van der Waals surface area contributed by atoms with Gasteiger partial charge in [-0.05, 0) is 60.5 Å². The van der Waals surface area contributed by atoms with Gasteiger partial charge >= 0.3 is 6.03 Å². The van der Waals surface area contributed by atoms with Crippen LogP contribution in [0, 0.1) is 0 Å². The number of nitrogens with zero attached hydrogens (tertiary/aromatic N) is 1. The molecule has 0 aliphatic carbocycles. The molecule has 0 aromatic heterocycles. The molecule has 1 aliphatic heterocycles. The Hall–Kier alpha value is -3.81. The second-order valence-electron chi connectivity index (χ2n) is 7.87. The Morgan fingerprint density at radius 2 is 1.67 bits per heavy atom. The molecule has 0 unspecified atom stereocenters. The maximum absolute atomic E-state index is 13.1. The Bertz CT molecular complexity index is 1340. The number of barbiturate groups is 1. The van der Waals surface area contributed by atoms with E-state index in [1.54, 1.807) is 48.5 Å². The van der Waals surface area contributed by atoms with E-state index in [1.165, 1.54) is 6.08 Å². The average molecular weight is 525 g/mol. The van der Waals surface area contributed by atoms with Crippen molar-refractivity contribution in [3.8, 4) is 11.5 Å². The van der Waals surface area contributed by atoms with Gasteiger partial charge in [-0.15, -0.1) is 0 Å². The molecule has 0 bridgehead atoms. The van der Waals surface area contributed by atoms with Gasteiger partial charge in [0, 0.05) is 10.6 Å². The van der Waals surface area contributed by atoms with Crippen molar-refractivity contribution < 1.29 is 23.9 Å². The van der Waals surface area contributed by atoms with Crippen LogP contribution in [0.2, 0.25) is 10.0 Å². The maximum Gasteiger partial charge on any atom is 0.335 e. The summed E-state index contributed by atoms with van der Waals surface area (Å²) < 4.78 is 11.3. The van der Waals surface area contributed by atoms with Crippen molar-refractivity contribution in [2.75, 3.05) is 11.5 Å². The lowest BCUT2D eigenvalue weighted by Crippen LogP contribution is -2.54. The van der Waals surface area contributed by atoms with Crippen molar-refractivity contribution in [2.45, 2.75) is 20.0 Å². The first-order valence-electron chi connectivity index (χ1n) is 11.2. The van der Waals surface area contributed by atoms with Gasteiger partial charge in [0.2, 0.25) is 0 Å². The molecule has 1 fully saturated rings. The van der Waals surface area contributed by atoms with E-state index < -0.39 is 17.8 Å². The molecule has 1 heterocycles. The SMILES string of the molecule is CCCOc1ccc(/C=C2\C(=O)NC(=O)N(c3ccc(OCc4ccccc4Cl)cc3)C2=O)cc1Cl. The van der Waals surface area contributed by atoms with Gasteiger partial charge in [-0.1, -0.05) is 54.4 Å². The third kappa shape index (κ3) is 5.70. The van der Waals surface area contributed by atoms with Crippen molar-refractivity contribution in [1.82, 2.24) is 5.32 Å². The Morgan fingerprint density at radius 3 is 2.36 bits per heavy atom. The first kappa shape index (κ1) is 25.3. The van der Waals surface area contributed by atoms with Crippen molar-refractivity contribution >= 4 is 52.8 Å². The molecule has 184 valence electrons. The van der Waals surface area contributed by atoms with E-state index in [-0.39, 0.29) is 17.9 Å². The third-order valence-electron chi connectivity index (χ3n) is 5.28. The molecule has 3 aromatic rings. The number of carbonyl (C=O) groups is 3. The fourth-order valence-corrected chi connectivity index (χ4v) is 3.90. The molecule has 0 radical (unpaired) electrons. The number of carbonyl (C=O) groups excluding carboxylic acids is 3. The minimum absolute atomic E-state index is 0.202. The number of benzene rings is 3. The van der Waals surface area contributed by atoms with Crippen LogP contribution in [-0.2, 0) is 16.2 Å². The second-order valence-corrected chi connectivity index (χ2v) is 8.68. The number of urea groups is 1. The Labute approximate surface area is 218 Å². The highest BCUT2D eigenvalue weighted by Crippen LogP contribution is 2.29. The van der Waals surface area contributed by atoms with E-state index in [2.05, 4.69) is 5.32 Å². The molecule has 3 aromatic carbocycles. The maximum atomic E-state index is 13.1. The van der Waals surface area contributed by atoms with Crippen molar-refractivity contribution in [3.05, 3.63) is 93.5 Å². The summed E-state index contributed by atoms with van der Waals surface area (Å²) in [4.78, 5) is 39.0. The van der Waals surface area contributed by atoms with Gasteiger partial charge in [-0.2, -0.15) is 0 Å². The monoisotopic (exact) mass is 524 g/mol. The predicted octanol–water partition coefficient (Wildman–Crippen LogP) is 6.03. The topological polar surface area (TPSA) is 84.9 Å².